The van der Waals surface area contributed by atoms with E-state index in [1.54, 1.807) is 10.9 Å². The summed E-state index contributed by atoms with van der Waals surface area (Å²) in [6.07, 6.45) is 4.71. The molecule has 0 saturated heterocycles. The molecule has 1 aromatic carbocycles. The molecule has 1 aromatic heterocycles. The highest BCUT2D eigenvalue weighted by molar-refractivity contribution is 7.07. The summed E-state index contributed by atoms with van der Waals surface area (Å²) in [5.41, 5.74) is 6.28. The summed E-state index contributed by atoms with van der Waals surface area (Å²) < 4.78 is 0. The third-order valence-electron chi connectivity index (χ3n) is 3.98. The number of benzene rings is 1. The minimum absolute atomic E-state index is 0.567. The average molecular weight is 302 g/mol. The minimum Gasteiger partial charge on any atom is -0.480 e. The molecule has 5 heteroatoms. The maximum Gasteiger partial charge on any atom is 0.327 e. The van der Waals surface area contributed by atoms with Crippen LogP contribution in [0.5, 0.6) is 0 Å². The number of carbonyl (C=O) groups is 1. The summed E-state index contributed by atoms with van der Waals surface area (Å²) in [5, 5.41) is 14.3. The fraction of sp³-hybridized carbons (Fsp3) is 0.375. The average Bonchev–Trinajstić information content (AvgIpc) is 3.01. The molecule has 0 bridgehead atoms. The number of hydrogen-bond acceptors (Lipinski definition) is 4. The van der Waals surface area contributed by atoms with Crippen molar-refractivity contribution in [1.29, 1.82) is 0 Å². The van der Waals surface area contributed by atoms with Crippen molar-refractivity contribution in [2.24, 2.45) is 0 Å². The summed E-state index contributed by atoms with van der Waals surface area (Å²) >= 11 is 1.42. The molecule has 2 N–H and O–H groups in total. The number of aryl methyl sites for hydroxylation is 1. The van der Waals surface area contributed by atoms with Crippen molar-refractivity contribution in [3.05, 3.63) is 51.5 Å². The summed E-state index contributed by atoms with van der Waals surface area (Å²) in [7, 11) is 0. The van der Waals surface area contributed by atoms with Gasteiger partial charge < -0.3 is 5.11 Å². The SMILES string of the molecule is O=C(O)C(NCc1cccc2c1CCCC2)c1cscn1. The van der Waals surface area contributed by atoms with E-state index < -0.39 is 12.0 Å². The predicted molar refractivity (Wildman–Crippen MR) is 82.4 cm³/mol. The zero-order valence-electron chi connectivity index (χ0n) is 11.7. The fourth-order valence-electron chi connectivity index (χ4n) is 2.92. The van der Waals surface area contributed by atoms with Gasteiger partial charge in [-0.15, -0.1) is 11.3 Å². The zero-order valence-corrected chi connectivity index (χ0v) is 12.5. The number of fused-ring (bicyclic) bond motifs is 1. The van der Waals surface area contributed by atoms with Gasteiger partial charge in [-0.05, 0) is 42.4 Å². The lowest BCUT2D eigenvalue weighted by atomic mass is 9.88. The Bertz CT molecular complexity index is 625. The Morgan fingerprint density at radius 3 is 3.00 bits per heavy atom. The summed E-state index contributed by atoms with van der Waals surface area (Å²) in [4.78, 5) is 15.5. The third-order valence-corrected chi connectivity index (χ3v) is 4.59. The van der Waals surface area contributed by atoms with E-state index in [-0.39, 0.29) is 0 Å². The van der Waals surface area contributed by atoms with E-state index in [9.17, 15) is 9.90 Å². The quantitative estimate of drug-likeness (QED) is 0.891. The van der Waals surface area contributed by atoms with Crippen LogP contribution in [-0.2, 0) is 24.2 Å². The molecule has 0 aliphatic heterocycles. The van der Waals surface area contributed by atoms with E-state index in [1.807, 2.05) is 0 Å². The largest absolute Gasteiger partial charge is 0.480 e. The maximum atomic E-state index is 11.4. The molecule has 2 aromatic rings. The van der Waals surface area contributed by atoms with Crippen LogP contribution in [0, 0.1) is 0 Å². The third kappa shape index (κ3) is 3.14. The Balaban J connectivity index is 1.76. The number of rotatable bonds is 5. The van der Waals surface area contributed by atoms with Crippen LogP contribution in [-0.4, -0.2) is 16.1 Å². The van der Waals surface area contributed by atoms with Gasteiger partial charge in [-0.25, -0.2) is 4.98 Å². The molecular formula is C16H18N2O2S. The lowest BCUT2D eigenvalue weighted by Gasteiger charge is -2.20. The highest BCUT2D eigenvalue weighted by Crippen LogP contribution is 2.25. The van der Waals surface area contributed by atoms with Crippen molar-refractivity contribution >= 4 is 17.3 Å². The van der Waals surface area contributed by atoms with Crippen LogP contribution < -0.4 is 5.32 Å². The standard InChI is InChI=1S/C16H18N2O2S/c19-16(20)15(14-9-21-10-18-14)17-8-12-6-3-5-11-4-1-2-7-13(11)12/h3,5-6,9-10,15,17H,1-2,4,7-8H2,(H,19,20). The smallest absolute Gasteiger partial charge is 0.327 e. The molecule has 0 spiro atoms. The van der Waals surface area contributed by atoms with Crippen LogP contribution >= 0.6 is 11.3 Å². The van der Waals surface area contributed by atoms with Gasteiger partial charge in [0.1, 0.15) is 6.04 Å². The highest BCUT2D eigenvalue weighted by atomic mass is 32.1. The van der Waals surface area contributed by atoms with E-state index in [4.69, 9.17) is 0 Å². The zero-order chi connectivity index (χ0) is 14.7. The molecule has 1 aliphatic rings. The molecule has 0 saturated carbocycles. The van der Waals surface area contributed by atoms with Gasteiger partial charge >= 0.3 is 5.97 Å². The lowest BCUT2D eigenvalue weighted by Crippen LogP contribution is -2.29. The number of carboxylic acids is 1. The number of aliphatic carboxylic acids is 1. The number of thiazole rings is 1. The van der Waals surface area contributed by atoms with Crippen molar-refractivity contribution in [3.8, 4) is 0 Å². The van der Waals surface area contributed by atoms with E-state index in [2.05, 4.69) is 28.5 Å². The van der Waals surface area contributed by atoms with E-state index >= 15 is 0 Å². The monoisotopic (exact) mass is 302 g/mol. The lowest BCUT2D eigenvalue weighted by molar-refractivity contribution is -0.139. The van der Waals surface area contributed by atoms with Crippen LogP contribution in [0.2, 0.25) is 0 Å². The fourth-order valence-corrected chi connectivity index (χ4v) is 3.50. The van der Waals surface area contributed by atoms with Crippen LogP contribution in [0.1, 0.15) is 41.3 Å². The van der Waals surface area contributed by atoms with E-state index in [0.717, 1.165) is 12.8 Å². The number of hydrogen-bond donors (Lipinski definition) is 2. The Kier molecular flexibility index (Phi) is 4.31. The van der Waals surface area contributed by atoms with Gasteiger partial charge in [-0.2, -0.15) is 0 Å². The number of nitrogens with zero attached hydrogens (tertiary/aromatic N) is 1. The molecule has 1 aliphatic carbocycles. The van der Waals surface area contributed by atoms with Crippen LogP contribution in [0.4, 0.5) is 0 Å². The second-order valence-electron chi connectivity index (χ2n) is 5.33. The van der Waals surface area contributed by atoms with Gasteiger partial charge in [0.25, 0.3) is 0 Å². The normalized spacial score (nSPS) is 15.4. The first-order valence-electron chi connectivity index (χ1n) is 7.19. The molecule has 1 unspecified atom stereocenters. The molecule has 21 heavy (non-hydrogen) atoms. The topological polar surface area (TPSA) is 62.2 Å². The summed E-state index contributed by atoms with van der Waals surface area (Å²) in [6, 6.07) is 5.61. The maximum absolute atomic E-state index is 11.4. The van der Waals surface area contributed by atoms with Crippen molar-refractivity contribution in [2.45, 2.75) is 38.3 Å². The molecule has 0 radical (unpaired) electrons. The van der Waals surface area contributed by atoms with Gasteiger partial charge in [-0.1, -0.05) is 18.2 Å². The van der Waals surface area contributed by atoms with Crippen LogP contribution in [0.25, 0.3) is 0 Å². The number of aromatic nitrogens is 1. The second kappa shape index (κ2) is 6.37. The van der Waals surface area contributed by atoms with Crippen molar-refractivity contribution in [2.75, 3.05) is 0 Å². The van der Waals surface area contributed by atoms with Crippen molar-refractivity contribution in [3.63, 3.8) is 0 Å². The first-order valence-corrected chi connectivity index (χ1v) is 8.14. The van der Waals surface area contributed by atoms with Gasteiger partial charge in [0, 0.05) is 11.9 Å². The molecule has 1 atom stereocenters. The molecule has 3 rings (SSSR count). The van der Waals surface area contributed by atoms with Crippen molar-refractivity contribution < 1.29 is 9.90 Å². The van der Waals surface area contributed by atoms with Crippen LogP contribution in [0.15, 0.2) is 29.1 Å². The molecule has 0 fully saturated rings. The van der Waals surface area contributed by atoms with Gasteiger partial charge in [0.15, 0.2) is 0 Å². The number of carboxylic acid groups (broad SMARTS) is 1. The molecule has 0 amide bonds. The van der Waals surface area contributed by atoms with Crippen molar-refractivity contribution in [1.82, 2.24) is 10.3 Å². The van der Waals surface area contributed by atoms with Gasteiger partial charge in [0.05, 0.1) is 11.2 Å². The van der Waals surface area contributed by atoms with Crippen LogP contribution in [0.3, 0.4) is 0 Å². The first-order chi connectivity index (χ1) is 10.3. The summed E-state index contributed by atoms with van der Waals surface area (Å²) in [6.45, 7) is 0.567. The van der Waals surface area contributed by atoms with Gasteiger partial charge in [-0.3, -0.25) is 10.1 Å². The van der Waals surface area contributed by atoms with E-state index in [0.29, 0.717) is 12.2 Å². The Morgan fingerprint density at radius 1 is 1.38 bits per heavy atom. The van der Waals surface area contributed by atoms with E-state index in [1.165, 1.54) is 40.9 Å². The molecule has 110 valence electrons. The molecular weight excluding hydrogens is 284 g/mol. The first kappa shape index (κ1) is 14.2. The Labute approximate surface area is 127 Å². The predicted octanol–water partition coefficient (Wildman–Crippen LogP) is 2.94. The highest BCUT2D eigenvalue weighted by Gasteiger charge is 2.22. The minimum atomic E-state index is -0.884. The Hall–Kier alpha value is -1.72. The molecule has 4 nitrogen and oxygen atoms in total. The van der Waals surface area contributed by atoms with Gasteiger partial charge in [0.2, 0.25) is 0 Å². The summed E-state index contributed by atoms with van der Waals surface area (Å²) in [5.74, 6) is -0.884. The Morgan fingerprint density at radius 2 is 2.24 bits per heavy atom. The number of nitrogens with one attached hydrogen (secondary N) is 1. The second-order valence-corrected chi connectivity index (χ2v) is 6.05. The molecule has 1 heterocycles.